The third-order valence-electron chi connectivity index (χ3n) is 3.41. The number of para-hydroxylation sites is 1. The average molecular weight is 200 g/mol. The normalized spacial score (nSPS) is 23.8. The number of nitrogens with zero attached hydrogens (tertiary/aromatic N) is 2. The van der Waals surface area contributed by atoms with Gasteiger partial charge in [-0.25, -0.2) is 0 Å². The second-order valence-electron chi connectivity index (χ2n) is 4.61. The second-order valence-corrected chi connectivity index (χ2v) is 4.61. The Kier molecular flexibility index (Phi) is 2.40. The van der Waals surface area contributed by atoms with Crippen molar-refractivity contribution in [1.82, 2.24) is 0 Å². The van der Waals surface area contributed by atoms with E-state index in [-0.39, 0.29) is 11.5 Å². The summed E-state index contributed by atoms with van der Waals surface area (Å²) < 4.78 is 0. The van der Waals surface area contributed by atoms with Crippen LogP contribution in [0, 0.1) is 17.2 Å². The Labute approximate surface area is 91.1 Å². The maximum atomic E-state index is 9.09. The van der Waals surface area contributed by atoms with E-state index in [1.54, 1.807) is 0 Å². The van der Waals surface area contributed by atoms with Gasteiger partial charge in [0, 0.05) is 12.2 Å². The van der Waals surface area contributed by atoms with E-state index in [0.717, 1.165) is 13.0 Å². The molecule has 1 unspecified atom stereocenters. The number of rotatable bonds is 1. The Hall–Kier alpha value is -1.49. The van der Waals surface area contributed by atoms with E-state index < -0.39 is 0 Å². The van der Waals surface area contributed by atoms with Gasteiger partial charge < -0.3 is 4.90 Å². The molecule has 78 valence electrons. The van der Waals surface area contributed by atoms with Crippen molar-refractivity contribution in [3.8, 4) is 6.07 Å². The van der Waals surface area contributed by atoms with Gasteiger partial charge >= 0.3 is 0 Å². The summed E-state index contributed by atoms with van der Waals surface area (Å²) >= 11 is 0. The van der Waals surface area contributed by atoms with E-state index >= 15 is 0 Å². The quantitative estimate of drug-likeness (QED) is 0.697. The first-order chi connectivity index (χ1) is 7.16. The van der Waals surface area contributed by atoms with Gasteiger partial charge in [-0.1, -0.05) is 18.2 Å². The van der Waals surface area contributed by atoms with Crippen molar-refractivity contribution in [2.24, 2.45) is 5.92 Å². The van der Waals surface area contributed by atoms with Crippen molar-refractivity contribution in [3.63, 3.8) is 0 Å². The van der Waals surface area contributed by atoms with Crippen molar-refractivity contribution in [3.05, 3.63) is 30.3 Å². The highest BCUT2D eigenvalue weighted by Crippen LogP contribution is 2.37. The summed E-state index contributed by atoms with van der Waals surface area (Å²) in [5, 5.41) is 9.09. The molecule has 1 aromatic carbocycles. The minimum Gasteiger partial charge on any atom is -0.365 e. The van der Waals surface area contributed by atoms with E-state index in [1.165, 1.54) is 5.69 Å². The predicted molar refractivity (Wildman–Crippen MR) is 61.6 cm³/mol. The van der Waals surface area contributed by atoms with Crippen LogP contribution in [-0.2, 0) is 0 Å². The highest BCUT2D eigenvalue weighted by atomic mass is 15.2. The Morgan fingerprint density at radius 1 is 1.33 bits per heavy atom. The van der Waals surface area contributed by atoms with Crippen molar-refractivity contribution < 1.29 is 0 Å². The molecule has 0 radical (unpaired) electrons. The first-order valence-electron chi connectivity index (χ1n) is 5.38. The summed E-state index contributed by atoms with van der Waals surface area (Å²) in [6, 6.07) is 12.8. The summed E-state index contributed by atoms with van der Waals surface area (Å²) in [5.74, 6) is 0.137. The first-order valence-corrected chi connectivity index (χ1v) is 5.38. The van der Waals surface area contributed by atoms with Gasteiger partial charge in [-0.15, -0.1) is 0 Å². The molecule has 1 fully saturated rings. The van der Waals surface area contributed by atoms with Crippen LogP contribution in [0.5, 0.6) is 0 Å². The van der Waals surface area contributed by atoms with Crippen LogP contribution >= 0.6 is 0 Å². The zero-order chi connectivity index (χ0) is 10.9. The summed E-state index contributed by atoms with van der Waals surface area (Å²) in [6.07, 6.45) is 0.971. The van der Waals surface area contributed by atoms with Crippen LogP contribution in [0.2, 0.25) is 0 Å². The molecule has 1 saturated heterocycles. The van der Waals surface area contributed by atoms with E-state index in [9.17, 15) is 0 Å². The monoisotopic (exact) mass is 200 g/mol. The smallest absolute Gasteiger partial charge is 0.0706 e. The summed E-state index contributed by atoms with van der Waals surface area (Å²) in [7, 11) is 0. The molecule has 1 atom stereocenters. The number of nitriles is 1. The van der Waals surface area contributed by atoms with Crippen molar-refractivity contribution in [2.45, 2.75) is 25.8 Å². The van der Waals surface area contributed by atoms with Crippen molar-refractivity contribution >= 4 is 5.69 Å². The zero-order valence-electron chi connectivity index (χ0n) is 9.27. The lowest BCUT2D eigenvalue weighted by Gasteiger charge is -2.35. The molecule has 0 spiro atoms. The molecular weight excluding hydrogens is 184 g/mol. The summed E-state index contributed by atoms with van der Waals surface area (Å²) in [6.45, 7) is 5.29. The molecule has 0 bridgehead atoms. The molecule has 0 aliphatic carbocycles. The lowest BCUT2D eigenvalue weighted by Crippen LogP contribution is -2.42. The van der Waals surface area contributed by atoms with Crippen molar-refractivity contribution in [1.29, 1.82) is 5.26 Å². The molecule has 1 heterocycles. The van der Waals surface area contributed by atoms with Crippen LogP contribution < -0.4 is 4.90 Å². The molecule has 0 amide bonds. The molecule has 0 aromatic heterocycles. The minimum absolute atomic E-state index is 0.0455. The van der Waals surface area contributed by atoms with Gasteiger partial charge in [0.15, 0.2) is 0 Å². The van der Waals surface area contributed by atoms with Gasteiger partial charge in [0.2, 0.25) is 0 Å². The Morgan fingerprint density at radius 2 is 2.00 bits per heavy atom. The molecule has 0 saturated carbocycles. The van der Waals surface area contributed by atoms with Gasteiger partial charge in [0.1, 0.15) is 0 Å². The van der Waals surface area contributed by atoms with Gasteiger partial charge in [-0.3, -0.25) is 0 Å². The fraction of sp³-hybridized carbons (Fsp3) is 0.462. The molecule has 1 aromatic rings. The third-order valence-corrected chi connectivity index (χ3v) is 3.41. The highest BCUT2D eigenvalue weighted by molar-refractivity contribution is 5.50. The Morgan fingerprint density at radius 3 is 2.53 bits per heavy atom. The van der Waals surface area contributed by atoms with E-state index in [4.69, 9.17) is 5.26 Å². The standard InChI is InChI=1S/C13H16N2/c1-13(2)11(10-14)8-9-15(13)12-6-4-3-5-7-12/h3-7,11H,8-9H2,1-2H3. The first kappa shape index (κ1) is 10.0. The number of hydrogen-bond donors (Lipinski definition) is 0. The molecule has 1 aliphatic rings. The molecular formula is C13H16N2. The average Bonchev–Trinajstić information content (AvgIpc) is 2.54. The van der Waals surface area contributed by atoms with E-state index in [0.29, 0.717) is 0 Å². The topological polar surface area (TPSA) is 27.0 Å². The van der Waals surface area contributed by atoms with Crippen LogP contribution in [0.4, 0.5) is 5.69 Å². The summed E-state index contributed by atoms with van der Waals surface area (Å²) in [5.41, 5.74) is 1.18. The maximum Gasteiger partial charge on any atom is 0.0706 e. The van der Waals surface area contributed by atoms with Crippen LogP contribution in [-0.4, -0.2) is 12.1 Å². The van der Waals surface area contributed by atoms with Crippen LogP contribution in [0.3, 0.4) is 0 Å². The highest BCUT2D eigenvalue weighted by Gasteiger charge is 2.41. The fourth-order valence-corrected chi connectivity index (χ4v) is 2.38. The second kappa shape index (κ2) is 3.58. The largest absolute Gasteiger partial charge is 0.365 e. The van der Waals surface area contributed by atoms with E-state index in [1.807, 2.05) is 18.2 Å². The number of hydrogen-bond acceptors (Lipinski definition) is 2. The molecule has 2 heteroatoms. The minimum atomic E-state index is -0.0455. The van der Waals surface area contributed by atoms with Gasteiger partial charge in [0.05, 0.1) is 17.5 Å². The van der Waals surface area contributed by atoms with Crippen LogP contribution in [0.15, 0.2) is 30.3 Å². The molecule has 15 heavy (non-hydrogen) atoms. The molecule has 2 nitrogen and oxygen atoms in total. The van der Waals surface area contributed by atoms with Crippen molar-refractivity contribution in [2.75, 3.05) is 11.4 Å². The lowest BCUT2D eigenvalue weighted by molar-refractivity contribution is 0.439. The molecule has 0 N–H and O–H groups in total. The Balaban J connectivity index is 2.30. The molecule has 1 aliphatic heterocycles. The molecule has 2 rings (SSSR count). The Bertz CT molecular complexity index is 375. The van der Waals surface area contributed by atoms with Gasteiger partial charge in [0.25, 0.3) is 0 Å². The zero-order valence-corrected chi connectivity index (χ0v) is 9.27. The SMILES string of the molecule is CC1(C)C(C#N)CCN1c1ccccc1. The fourth-order valence-electron chi connectivity index (χ4n) is 2.38. The summed E-state index contributed by atoms with van der Waals surface area (Å²) in [4.78, 5) is 2.33. The van der Waals surface area contributed by atoms with Gasteiger partial charge in [-0.05, 0) is 32.4 Å². The van der Waals surface area contributed by atoms with E-state index in [2.05, 4.69) is 36.9 Å². The number of anilines is 1. The predicted octanol–water partition coefficient (Wildman–Crippen LogP) is 2.82. The van der Waals surface area contributed by atoms with Crippen LogP contribution in [0.25, 0.3) is 0 Å². The van der Waals surface area contributed by atoms with Gasteiger partial charge in [-0.2, -0.15) is 5.26 Å². The number of benzene rings is 1. The maximum absolute atomic E-state index is 9.09. The third kappa shape index (κ3) is 1.59. The van der Waals surface area contributed by atoms with Crippen LogP contribution in [0.1, 0.15) is 20.3 Å². The lowest BCUT2D eigenvalue weighted by atomic mass is 9.89.